The summed E-state index contributed by atoms with van der Waals surface area (Å²) in [6, 6.07) is 8.50. The highest BCUT2D eigenvalue weighted by molar-refractivity contribution is 7.99. The van der Waals surface area contributed by atoms with Crippen molar-refractivity contribution in [3.8, 4) is 11.5 Å². The van der Waals surface area contributed by atoms with E-state index in [0.717, 1.165) is 18.4 Å². The van der Waals surface area contributed by atoms with E-state index in [2.05, 4.69) is 48.4 Å². The van der Waals surface area contributed by atoms with Crippen molar-refractivity contribution in [3.63, 3.8) is 0 Å². The Labute approximate surface area is 165 Å². The minimum atomic E-state index is 0.0428. The third-order valence-electron chi connectivity index (χ3n) is 4.95. The summed E-state index contributed by atoms with van der Waals surface area (Å²) < 4.78 is 5.72. The molecule has 1 saturated carbocycles. The standard InChI is InChI=1S/C21H29N3O2S/c1-21(2,3)16-12-10-15(11-13-16)19-23-24-20(26-19)27-14-18(25)22-17-8-6-4-5-7-9-17/h10-13,17H,4-9,14H2,1-3H3,(H,22,25). The van der Waals surface area contributed by atoms with Crippen LogP contribution in [0.15, 0.2) is 33.9 Å². The number of thioether (sulfide) groups is 1. The lowest BCUT2D eigenvalue weighted by Gasteiger charge is -2.18. The first-order valence-corrected chi connectivity index (χ1v) is 10.8. The summed E-state index contributed by atoms with van der Waals surface area (Å²) in [7, 11) is 0. The Morgan fingerprint density at radius 3 is 2.41 bits per heavy atom. The number of rotatable bonds is 5. The quantitative estimate of drug-likeness (QED) is 0.580. The number of amides is 1. The fourth-order valence-corrected chi connectivity index (χ4v) is 3.89. The SMILES string of the molecule is CC(C)(C)c1ccc(-c2nnc(SCC(=O)NC3CCCCCC3)o2)cc1. The van der Waals surface area contributed by atoms with E-state index in [9.17, 15) is 4.79 Å². The Balaban J connectivity index is 1.52. The lowest BCUT2D eigenvalue weighted by Crippen LogP contribution is -2.35. The molecule has 1 fully saturated rings. The van der Waals surface area contributed by atoms with Crippen LogP contribution in [0.5, 0.6) is 0 Å². The van der Waals surface area contributed by atoms with Crippen molar-refractivity contribution < 1.29 is 9.21 Å². The van der Waals surface area contributed by atoms with Crippen LogP contribution in [0.3, 0.4) is 0 Å². The van der Waals surface area contributed by atoms with Crippen molar-refractivity contribution in [3.05, 3.63) is 29.8 Å². The molecule has 5 nitrogen and oxygen atoms in total. The van der Waals surface area contributed by atoms with E-state index in [1.54, 1.807) is 0 Å². The maximum absolute atomic E-state index is 12.2. The summed E-state index contributed by atoms with van der Waals surface area (Å²) in [5, 5.41) is 11.7. The third-order valence-corrected chi connectivity index (χ3v) is 5.77. The Hall–Kier alpha value is -1.82. The second-order valence-electron chi connectivity index (χ2n) is 8.25. The van der Waals surface area contributed by atoms with Crippen LogP contribution in [0.1, 0.15) is 64.9 Å². The smallest absolute Gasteiger partial charge is 0.277 e. The number of benzene rings is 1. The Morgan fingerprint density at radius 1 is 1.11 bits per heavy atom. The molecule has 6 heteroatoms. The molecule has 27 heavy (non-hydrogen) atoms. The topological polar surface area (TPSA) is 68.0 Å². The van der Waals surface area contributed by atoms with Crippen LogP contribution in [0.4, 0.5) is 0 Å². The van der Waals surface area contributed by atoms with E-state index in [1.807, 2.05) is 12.1 Å². The highest BCUT2D eigenvalue weighted by Gasteiger charge is 2.17. The Kier molecular flexibility index (Phi) is 6.58. The molecule has 0 saturated heterocycles. The van der Waals surface area contributed by atoms with Gasteiger partial charge in [-0.15, -0.1) is 10.2 Å². The van der Waals surface area contributed by atoms with Crippen LogP contribution >= 0.6 is 11.8 Å². The molecular formula is C21H29N3O2S. The van der Waals surface area contributed by atoms with Crippen LogP contribution in [-0.4, -0.2) is 27.9 Å². The molecule has 3 rings (SSSR count). The van der Waals surface area contributed by atoms with Gasteiger partial charge in [0.1, 0.15) is 0 Å². The molecular weight excluding hydrogens is 358 g/mol. The molecule has 0 spiro atoms. The van der Waals surface area contributed by atoms with Crippen molar-refractivity contribution in [2.75, 3.05) is 5.75 Å². The molecule has 0 aliphatic heterocycles. The van der Waals surface area contributed by atoms with Crippen molar-refractivity contribution in [2.24, 2.45) is 0 Å². The number of hydrogen-bond donors (Lipinski definition) is 1. The zero-order chi connectivity index (χ0) is 19.3. The fraction of sp³-hybridized carbons (Fsp3) is 0.571. The zero-order valence-electron chi connectivity index (χ0n) is 16.5. The second kappa shape index (κ2) is 8.91. The van der Waals surface area contributed by atoms with Gasteiger partial charge in [0, 0.05) is 11.6 Å². The van der Waals surface area contributed by atoms with Crippen LogP contribution in [0, 0.1) is 0 Å². The first kappa shape index (κ1) is 19.9. The van der Waals surface area contributed by atoms with Crippen LogP contribution < -0.4 is 5.32 Å². The van der Waals surface area contributed by atoms with Gasteiger partial charge in [-0.2, -0.15) is 0 Å². The molecule has 146 valence electrons. The molecule has 0 radical (unpaired) electrons. The van der Waals surface area contributed by atoms with Gasteiger partial charge in [-0.1, -0.05) is 70.3 Å². The molecule has 1 amide bonds. The highest BCUT2D eigenvalue weighted by atomic mass is 32.2. The number of hydrogen-bond acceptors (Lipinski definition) is 5. The number of carbonyl (C=O) groups excluding carboxylic acids is 1. The van der Waals surface area contributed by atoms with Gasteiger partial charge in [0.25, 0.3) is 5.22 Å². The number of carbonyl (C=O) groups is 1. The van der Waals surface area contributed by atoms with E-state index in [0.29, 0.717) is 22.9 Å². The lowest BCUT2D eigenvalue weighted by molar-refractivity contribution is -0.119. The average molecular weight is 388 g/mol. The van der Waals surface area contributed by atoms with Gasteiger partial charge in [0.2, 0.25) is 11.8 Å². The predicted molar refractivity (Wildman–Crippen MR) is 109 cm³/mol. The molecule has 1 aliphatic carbocycles. The normalized spacial score (nSPS) is 16.1. The lowest BCUT2D eigenvalue weighted by atomic mass is 9.87. The van der Waals surface area contributed by atoms with Gasteiger partial charge in [0.05, 0.1) is 5.75 Å². The third kappa shape index (κ3) is 5.83. The molecule has 1 aromatic heterocycles. The van der Waals surface area contributed by atoms with Crippen molar-refractivity contribution in [1.29, 1.82) is 0 Å². The largest absolute Gasteiger partial charge is 0.411 e. The van der Waals surface area contributed by atoms with Gasteiger partial charge in [-0.05, 0) is 36.0 Å². The molecule has 1 aromatic carbocycles. The van der Waals surface area contributed by atoms with Crippen LogP contribution in [0.2, 0.25) is 0 Å². The Morgan fingerprint density at radius 2 is 1.78 bits per heavy atom. The van der Waals surface area contributed by atoms with Gasteiger partial charge < -0.3 is 9.73 Å². The van der Waals surface area contributed by atoms with E-state index in [4.69, 9.17) is 4.42 Å². The summed E-state index contributed by atoms with van der Waals surface area (Å²) >= 11 is 1.29. The average Bonchev–Trinajstić information content (AvgIpc) is 2.97. The molecule has 0 unspecified atom stereocenters. The van der Waals surface area contributed by atoms with E-state index < -0.39 is 0 Å². The summed E-state index contributed by atoms with van der Waals surface area (Å²) in [6.45, 7) is 6.55. The van der Waals surface area contributed by atoms with Crippen molar-refractivity contribution in [1.82, 2.24) is 15.5 Å². The molecule has 0 atom stereocenters. The maximum Gasteiger partial charge on any atom is 0.277 e. The summed E-state index contributed by atoms with van der Waals surface area (Å²) in [5.74, 6) is 0.837. The minimum absolute atomic E-state index is 0.0428. The first-order chi connectivity index (χ1) is 12.9. The Bertz CT molecular complexity index is 742. The number of nitrogens with zero attached hydrogens (tertiary/aromatic N) is 2. The molecule has 1 aliphatic rings. The summed E-state index contributed by atoms with van der Waals surface area (Å²) in [5.41, 5.74) is 2.26. The first-order valence-electron chi connectivity index (χ1n) is 9.78. The second-order valence-corrected chi connectivity index (χ2v) is 9.17. The molecule has 2 aromatic rings. The summed E-state index contributed by atoms with van der Waals surface area (Å²) in [6.07, 6.45) is 7.15. The highest BCUT2D eigenvalue weighted by Crippen LogP contribution is 2.27. The fourth-order valence-electron chi connectivity index (χ4n) is 3.32. The maximum atomic E-state index is 12.2. The van der Waals surface area contributed by atoms with Crippen molar-refractivity contribution in [2.45, 2.75) is 76.0 Å². The van der Waals surface area contributed by atoms with E-state index >= 15 is 0 Å². The van der Waals surface area contributed by atoms with Gasteiger partial charge in [-0.3, -0.25) is 4.79 Å². The zero-order valence-corrected chi connectivity index (χ0v) is 17.3. The van der Waals surface area contributed by atoms with Crippen molar-refractivity contribution >= 4 is 17.7 Å². The molecule has 1 heterocycles. The van der Waals surface area contributed by atoms with E-state index in [1.165, 1.54) is 43.0 Å². The molecule has 0 bridgehead atoms. The molecule has 1 N–H and O–H groups in total. The predicted octanol–water partition coefficient (Wildman–Crippen LogP) is 4.97. The number of nitrogens with one attached hydrogen (secondary N) is 1. The minimum Gasteiger partial charge on any atom is -0.411 e. The van der Waals surface area contributed by atoms with Gasteiger partial charge in [0.15, 0.2) is 0 Å². The monoisotopic (exact) mass is 387 g/mol. The van der Waals surface area contributed by atoms with Crippen LogP contribution in [-0.2, 0) is 10.2 Å². The van der Waals surface area contributed by atoms with Gasteiger partial charge in [-0.25, -0.2) is 0 Å². The summed E-state index contributed by atoms with van der Waals surface area (Å²) in [4.78, 5) is 12.2. The number of aromatic nitrogens is 2. The van der Waals surface area contributed by atoms with Crippen LogP contribution in [0.25, 0.3) is 11.5 Å². The van der Waals surface area contributed by atoms with Gasteiger partial charge >= 0.3 is 0 Å². The van der Waals surface area contributed by atoms with E-state index in [-0.39, 0.29) is 11.3 Å².